The number of phosphoric acid groups is 1. The van der Waals surface area contributed by atoms with E-state index < -0.39 is 13.9 Å². The van der Waals surface area contributed by atoms with Crippen LogP contribution in [0.1, 0.15) is 219 Å². The Morgan fingerprint density at radius 2 is 0.951 bits per heavy atom. The van der Waals surface area contributed by atoms with Crippen molar-refractivity contribution in [3.05, 3.63) is 48.6 Å². The second-order valence-corrected chi connectivity index (χ2v) is 19.6. The van der Waals surface area contributed by atoms with Crippen LogP contribution in [-0.2, 0) is 27.9 Å². The number of unbranched alkanes of at least 4 members (excludes halogenated alkanes) is 25. The first kappa shape index (κ1) is 59.5. The molecule has 2 unspecified atom stereocenters. The number of esters is 1. The number of hydrogen-bond acceptors (Lipinski definition) is 6. The summed E-state index contributed by atoms with van der Waals surface area (Å²) in [5.74, 6) is -0.341. The largest absolute Gasteiger partial charge is 0.472 e. The summed E-state index contributed by atoms with van der Waals surface area (Å²) in [5, 5.41) is 0. The second-order valence-electron chi connectivity index (χ2n) is 18.2. The SMILES string of the molecule is CC/C=C\C/C=C\C/C=C\CCCCCC(=O)OC(COCCCCCCCCCCCCCCCC/C=C\CCCCCCCCCC)COP(=O)(O)OCC[N+](C)(C)C. The molecule has 0 aliphatic rings. The van der Waals surface area contributed by atoms with Gasteiger partial charge >= 0.3 is 13.8 Å². The molecule has 0 aromatic heterocycles. The number of ether oxygens (including phenoxy) is 2. The fourth-order valence-corrected chi connectivity index (χ4v) is 7.72. The molecule has 61 heavy (non-hydrogen) atoms. The van der Waals surface area contributed by atoms with Crippen molar-refractivity contribution in [3.63, 3.8) is 0 Å². The van der Waals surface area contributed by atoms with Crippen LogP contribution < -0.4 is 0 Å². The molecule has 0 fully saturated rings. The van der Waals surface area contributed by atoms with Crippen molar-refractivity contribution in [2.45, 2.75) is 225 Å². The first-order chi connectivity index (χ1) is 29.6. The Hall–Kier alpha value is -1.54. The molecule has 0 heterocycles. The summed E-state index contributed by atoms with van der Waals surface area (Å²) in [5.41, 5.74) is 0. The molecular formula is C52H99NO7P+. The molecule has 8 nitrogen and oxygen atoms in total. The van der Waals surface area contributed by atoms with Crippen LogP contribution in [0.5, 0.6) is 0 Å². The van der Waals surface area contributed by atoms with Gasteiger partial charge in [-0.15, -0.1) is 0 Å². The number of likely N-dealkylation sites (N-methyl/N-ethyl adjacent to an activating group) is 1. The third-order valence-corrected chi connectivity index (χ3v) is 11.9. The summed E-state index contributed by atoms with van der Waals surface area (Å²) in [7, 11) is 1.65. The fourth-order valence-electron chi connectivity index (χ4n) is 6.97. The number of carbonyl (C=O) groups is 1. The summed E-state index contributed by atoms with van der Waals surface area (Å²) < 4.78 is 35.1. The van der Waals surface area contributed by atoms with E-state index in [-0.39, 0.29) is 25.8 Å². The number of carbonyl (C=O) groups excluding carboxylic acids is 1. The van der Waals surface area contributed by atoms with Gasteiger partial charge in [0, 0.05) is 13.0 Å². The molecule has 0 amide bonds. The van der Waals surface area contributed by atoms with Crippen molar-refractivity contribution in [1.29, 1.82) is 0 Å². The molecule has 0 aromatic carbocycles. The first-order valence-electron chi connectivity index (χ1n) is 25.4. The van der Waals surface area contributed by atoms with E-state index in [0.717, 1.165) is 57.8 Å². The Morgan fingerprint density at radius 3 is 1.44 bits per heavy atom. The quantitative estimate of drug-likeness (QED) is 0.0214. The molecule has 0 saturated heterocycles. The Labute approximate surface area is 378 Å². The van der Waals surface area contributed by atoms with E-state index in [2.05, 4.69) is 62.5 Å². The van der Waals surface area contributed by atoms with Crippen LogP contribution in [0.25, 0.3) is 0 Å². The van der Waals surface area contributed by atoms with Crippen molar-refractivity contribution in [2.75, 3.05) is 54.1 Å². The van der Waals surface area contributed by atoms with E-state index >= 15 is 0 Å². The lowest BCUT2D eigenvalue weighted by Crippen LogP contribution is -2.37. The lowest BCUT2D eigenvalue weighted by Gasteiger charge is -2.24. The van der Waals surface area contributed by atoms with E-state index in [9.17, 15) is 14.3 Å². The molecule has 9 heteroatoms. The molecule has 0 spiro atoms. The number of hydrogen-bond donors (Lipinski definition) is 1. The Balaban J connectivity index is 4.05. The van der Waals surface area contributed by atoms with Crippen LogP contribution in [0.3, 0.4) is 0 Å². The molecule has 0 aliphatic carbocycles. The van der Waals surface area contributed by atoms with Gasteiger partial charge in [-0.3, -0.25) is 13.8 Å². The maximum Gasteiger partial charge on any atom is 0.472 e. The minimum atomic E-state index is -4.29. The highest BCUT2D eigenvalue weighted by atomic mass is 31.2. The number of quaternary nitrogens is 1. The van der Waals surface area contributed by atoms with Crippen molar-refractivity contribution < 1.29 is 37.3 Å². The van der Waals surface area contributed by atoms with Crippen LogP contribution in [-0.4, -0.2) is 75.6 Å². The van der Waals surface area contributed by atoms with E-state index in [1.807, 2.05) is 21.1 Å². The number of phosphoric ester groups is 1. The zero-order valence-corrected chi connectivity index (χ0v) is 41.5. The highest BCUT2D eigenvalue weighted by molar-refractivity contribution is 7.47. The van der Waals surface area contributed by atoms with Gasteiger partial charge in [0.15, 0.2) is 0 Å². The molecule has 0 saturated carbocycles. The molecule has 0 radical (unpaired) electrons. The average Bonchev–Trinajstić information content (AvgIpc) is 3.22. The van der Waals surface area contributed by atoms with Crippen LogP contribution in [0.2, 0.25) is 0 Å². The van der Waals surface area contributed by atoms with Gasteiger partial charge < -0.3 is 18.9 Å². The van der Waals surface area contributed by atoms with Crippen molar-refractivity contribution in [1.82, 2.24) is 0 Å². The molecule has 0 bridgehead atoms. The summed E-state index contributed by atoms with van der Waals surface area (Å²) in [6, 6.07) is 0. The Morgan fingerprint density at radius 1 is 0.525 bits per heavy atom. The third-order valence-electron chi connectivity index (χ3n) is 10.9. The topological polar surface area (TPSA) is 91.3 Å². The molecule has 2 atom stereocenters. The summed E-state index contributed by atoms with van der Waals surface area (Å²) in [6.07, 6.45) is 56.1. The summed E-state index contributed by atoms with van der Waals surface area (Å²) in [6.45, 7) is 5.48. The number of allylic oxidation sites excluding steroid dienone is 8. The molecule has 0 rings (SSSR count). The minimum absolute atomic E-state index is 0.0822. The third kappa shape index (κ3) is 49.3. The zero-order chi connectivity index (χ0) is 44.8. The minimum Gasteiger partial charge on any atom is -0.457 e. The maximum absolute atomic E-state index is 12.7. The van der Waals surface area contributed by atoms with E-state index in [1.54, 1.807) is 0 Å². The predicted molar refractivity (Wildman–Crippen MR) is 261 cm³/mol. The highest BCUT2D eigenvalue weighted by Gasteiger charge is 2.26. The fraction of sp³-hybridized carbons (Fsp3) is 0.827. The molecule has 0 aromatic rings. The number of nitrogens with zero attached hydrogens (tertiary/aromatic N) is 1. The predicted octanol–water partition coefficient (Wildman–Crippen LogP) is 15.5. The zero-order valence-electron chi connectivity index (χ0n) is 40.7. The standard InChI is InChI=1S/C52H98NO7P/c1-6-8-10-12-14-16-18-20-21-22-23-24-25-26-27-28-29-30-31-32-34-36-38-40-42-44-47-57-49-51(50-59-61(55,56)58-48-46-53(3,4)5)60-52(54)45-43-41-39-37-35-33-19-17-15-13-11-9-7-2/h9,11,15,17,22-23,33,35,51H,6-8,10,12-14,16,18-21,24-32,34,36-50H2,1-5H3/p+1/b11-9-,17-15-,23-22-,35-33-. The van der Waals surface area contributed by atoms with Gasteiger partial charge in [0.2, 0.25) is 0 Å². The van der Waals surface area contributed by atoms with Crippen molar-refractivity contribution in [3.8, 4) is 0 Å². The van der Waals surface area contributed by atoms with Crippen molar-refractivity contribution >= 4 is 13.8 Å². The molecular weight excluding hydrogens is 782 g/mol. The van der Waals surface area contributed by atoms with Crippen LogP contribution in [0, 0.1) is 0 Å². The van der Waals surface area contributed by atoms with Gasteiger partial charge in [-0.1, -0.05) is 191 Å². The summed E-state index contributed by atoms with van der Waals surface area (Å²) in [4.78, 5) is 22.9. The van der Waals surface area contributed by atoms with Gasteiger partial charge in [-0.25, -0.2) is 4.57 Å². The first-order valence-corrected chi connectivity index (χ1v) is 26.9. The Bertz CT molecular complexity index is 1120. The smallest absolute Gasteiger partial charge is 0.457 e. The Kier molecular flexibility index (Phi) is 43.9. The van der Waals surface area contributed by atoms with Crippen LogP contribution in [0.15, 0.2) is 48.6 Å². The monoisotopic (exact) mass is 881 g/mol. The molecule has 0 aliphatic heterocycles. The van der Waals surface area contributed by atoms with Gasteiger partial charge in [0.05, 0.1) is 34.4 Å². The van der Waals surface area contributed by atoms with Gasteiger partial charge in [0.25, 0.3) is 0 Å². The highest BCUT2D eigenvalue weighted by Crippen LogP contribution is 2.43. The lowest BCUT2D eigenvalue weighted by atomic mass is 10.0. The van der Waals surface area contributed by atoms with Crippen LogP contribution >= 0.6 is 7.82 Å². The molecule has 358 valence electrons. The van der Waals surface area contributed by atoms with Gasteiger partial charge in [-0.05, 0) is 70.6 Å². The molecule has 1 N–H and O–H groups in total. The maximum atomic E-state index is 12.7. The van der Waals surface area contributed by atoms with Crippen molar-refractivity contribution in [2.24, 2.45) is 0 Å². The average molecular weight is 881 g/mol. The summed E-state index contributed by atoms with van der Waals surface area (Å²) >= 11 is 0. The van der Waals surface area contributed by atoms with Gasteiger partial charge in [-0.2, -0.15) is 0 Å². The van der Waals surface area contributed by atoms with Gasteiger partial charge in [0.1, 0.15) is 19.3 Å². The van der Waals surface area contributed by atoms with Crippen LogP contribution in [0.4, 0.5) is 0 Å². The van der Waals surface area contributed by atoms with E-state index in [4.69, 9.17) is 18.5 Å². The lowest BCUT2D eigenvalue weighted by molar-refractivity contribution is -0.870. The van der Waals surface area contributed by atoms with E-state index in [0.29, 0.717) is 24.1 Å². The van der Waals surface area contributed by atoms with E-state index in [1.165, 1.54) is 141 Å². The number of rotatable bonds is 47. The second kappa shape index (κ2) is 45.0. The normalized spacial score (nSPS) is 14.0.